The lowest BCUT2D eigenvalue weighted by Gasteiger charge is -2.26. The van der Waals surface area contributed by atoms with E-state index in [1.54, 1.807) is 19.4 Å². The molecule has 0 aliphatic carbocycles. The summed E-state index contributed by atoms with van der Waals surface area (Å²) in [5.41, 5.74) is 7.40. The molecule has 2 heterocycles. The summed E-state index contributed by atoms with van der Waals surface area (Å²) in [7, 11) is 1.66. The Morgan fingerprint density at radius 2 is 2.50 bits per heavy atom. The highest BCUT2D eigenvalue weighted by Crippen LogP contribution is 2.29. The Kier molecular flexibility index (Phi) is 2.94. The fraction of sp³-hybridized carbons (Fsp3) is 0.455. The summed E-state index contributed by atoms with van der Waals surface area (Å²) in [4.78, 5) is 17.7. The van der Waals surface area contributed by atoms with Gasteiger partial charge < -0.3 is 16.0 Å². The van der Waals surface area contributed by atoms with Gasteiger partial charge in [-0.1, -0.05) is 0 Å². The molecule has 1 aromatic heterocycles. The molecule has 0 bridgehead atoms. The highest BCUT2D eigenvalue weighted by atomic mass is 16.2. The number of nitrogens with two attached hydrogens (primary N) is 1. The van der Waals surface area contributed by atoms with Crippen LogP contribution in [-0.2, 0) is 4.79 Å². The van der Waals surface area contributed by atoms with E-state index in [9.17, 15) is 4.79 Å². The number of anilines is 2. The van der Waals surface area contributed by atoms with Crippen LogP contribution in [0.15, 0.2) is 18.5 Å². The second kappa shape index (κ2) is 4.38. The van der Waals surface area contributed by atoms with Crippen LogP contribution in [0.1, 0.15) is 12.8 Å². The van der Waals surface area contributed by atoms with Gasteiger partial charge in [-0.2, -0.15) is 0 Å². The third-order valence-corrected chi connectivity index (χ3v) is 2.94. The molecule has 16 heavy (non-hydrogen) atoms. The minimum absolute atomic E-state index is 0.0497. The van der Waals surface area contributed by atoms with E-state index in [4.69, 9.17) is 5.73 Å². The number of rotatable bonds is 2. The number of amides is 1. The Balaban J connectivity index is 2.27. The van der Waals surface area contributed by atoms with Crippen molar-refractivity contribution >= 4 is 17.3 Å². The summed E-state index contributed by atoms with van der Waals surface area (Å²) < 4.78 is 0. The van der Waals surface area contributed by atoms with Crippen molar-refractivity contribution in [2.75, 3.05) is 24.2 Å². The molecule has 0 saturated carbocycles. The Bertz CT molecular complexity index is 393. The summed E-state index contributed by atoms with van der Waals surface area (Å²) in [5.74, 6) is 0.0497. The number of nitrogens with zero attached hydrogens (tertiary/aromatic N) is 2. The van der Waals surface area contributed by atoms with Crippen LogP contribution < -0.4 is 16.0 Å². The van der Waals surface area contributed by atoms with E-state index in [1.165, 1.54) is 0 Å². The average molecular weight is 220 g/mol. The average Bonchev–Trinajstić information content (AvgIpc) is 2.77. The van der Waals surface area contributed by atoms with E-state index in [0.717, 1.165) is 25.1 Å². The lowest BCUT2D eigenvalue weighted by atomic mass is 10.2. The van der Waals surface area contributed by atoms with Gasteiger partial charge in [-0.3, -0.25) is 9.78 Å². The molecule has 1 atom stereocenters. The zero-order valence-electron chi connectivity index (χ0n) is 9.31. The molecule has 0 spiro atoms. The topological polar surface area (TPSA) is 71.2 Å². The predicted molar refractivity (Wildman–Crippen MR) is 63.1 cm³/mol. The molecule has 1 saturated heterocycles. The smallest absolute Gasteiger partial charge is 0.242 e. The second-order valence-electron chi connectivity index (χ2n) is 3.90. The lowest BCUT2D eigenvalue weighted by molar-refractivity contribution is -0.121. The van der Waals surface area contributed by atoms with Gasteiger partial charge in [-0.05, 0) is 18.9 Å². The van der Waals surface area contributed by atoms with Crippen LogP contribution in [0.5, 0.6) is 0 Å². The zero-order valence-corrected chi connectivity index (χ0v) is 9.31. The first-order valence-electron chi connectivity index (χ1n) is 5.41. The van der Waals surface area contributed by atoms with Crippen molar-refractivity contribution in [1.29, 1.82) is 0 Å². The van der Waals surface area contributed by atoms with Gasteiger partial charge in [-0.15, -0.1) is 0 Å². The number of aromatic nitrogens is 1. The van der Waals surface area contributed by atoms with E-state index in [2.05, 4.69) is 15.2 Å². The Hall–Kier alpha value is -1.78. The zero-order chi connectivity index (χ0) is 11.5. The summed E-state index contributed by atoms with van der Waals surface area (Å²) in [6.45, 7) is 0.867. The fourth-order valence-electron chi connectivity index (χ4n) is 2.16. The van der Waals surface area contributed by atoms with Crippen LogP contribution >= 0.6 is 0 Å². The number of hydrogen-bond acceptors (Lipinski definition) is 4. The van der Waals surface area contributed by atoms with Crippen molar-refractivity contribution in [3.8, 4) is 0 Å². The molecule has 1 aliphatic rings. The summed E-state index contributed by atoms with van der Waals surface area (Å²) >= 11 is 0. The molecular weight excluding hydrogens is 204 g/mol. The Morgan fingerprint density at radius 1 is 1.69 bits per heavy atom. The van der Waals surface area contributed by atoms with Gasteiger partial charge in [0.2, 0.25) is 5.91 Å². The van der Waals surface area contributed by atoms with Gasteiger partial charge in [0.05, 0.1) is 17.6 Å². The first-order chi connectivity index (χ1) is 7.74. The highest BCUT2D eigenvalue weighted by Gasteiger charge is 2.30. The van der Waals surface area contributed by atoms with Crippen molar-refractivity contribution in [2.24, 2.45) is 0 Å². The monoisotopic (exact) mass is 220 g/mol. The first-order valence-corrected chi connectivity index (χ1v) is 5.41. The summed E-state index contributed by atoms with van der Waals surface area (Å²) in [6.07, 6.45) is 5.21. The van der Waals surface area contributed by atoms with Crippen molar-refractivity contribution in [1.82, 2.24) is 10.3 Å². The normalized spacial score (nSPS) is 19.8. The van der Waals surface area contributed by atoms with E-state index < -0.39 is 0 Å². The number of likely N-dealkylation sites (N-methyl/N-ethyl adjacent to an activating group) is 1. The lowest BCUT2D eigenvalue weighted by Crippen LogP contribution is -2.42. The van der Waals surface area contributed by atoms with Gasteiger partial charge in [0, 0.05) is 19.8 Å². The maximum Gasteiger partial charge on any atom is 0.242 e. The largest absolute Gasteiger partial charge is 0.396 e. The number of nitrogen functional groups attached to an aromatic ring is 1. The van der Waals surface area contributed by atoms with Crippen LogP contribution in [0.3, 0.4) is 0 Å². The molecule has 0 aromatic carbocycles. The quantitative estimate of drug-likeness (QED) is 0.755. The summed E-state index contributed by atoms with van der Waals surface area (Å²) in [5, 5.41) is 2.69. The number of carbonyl (C=O) groups is 1. The van der Waals surface area contributed by atoms with Crippen molar-refractivity contribution in [3.63, 3.8) is 0 Å². The maximum atomic E-state index is 11.7. The number of hydrogen-bond donors (Lipinski definition) is 2. The molecule has 1 aromatic rings. The fourth-order valence-corrected chi connectivity index (χ4v) is 2.16. The van der Waals surface area contributed by atoms with Crippen LogP contribution in [-0.4, -0.2) is 30.5 Å². The molecule has 0 radical (unpaired) electrons. The van der Waals surface area contributed by atoms with Crippen molar-refractivity contribution < 1.29 is 4.79 Å². The molecule has 1 aliphatic heterocycles. The Morgan fingerprint density at radius 3 is 3.19 bits per heavy atom. The first kappa shape index (κ1) is 10.7. The van der Waals surface area contributed by atoms with Crippen molar-refractivity contribution in [2.45, 2.75) is 18.9 Å². The van der Waals surface area contributed by atoms with Gasteiger partial charge in [0.1, 0.15) is 6.04 Å². The predicted octanol–water partition coefficient (Wildman–Crippen LogP) is 0.379. The minimum atomic E-state index is -0.102. The molecule has 1 amide bonds. The number of carbonyl (C=O) groups excluding carboxylic acids is 1. The molecule has 1 unspecified atom stereocenters. The van der Waals surface area contributed by atoms with Gasteiger partial charge in [0.25, 0.3) is 0 Å². The molecule has 3 N–H and O–H groups in total. The molecule has 5 nitrogen and oxygen atoms in total. The van der Waals surface area contributed by atoms with E-state index >= 15 is 0 Å². The van der Waals surface area contributed by atoms with Crippen LogP contribution in [0.25, 0.3) is 0 Å². The van der Waals surface area contributed by atoms with E-state index in [-0.39, 0.29) is 11.9 Å². The van der Waals surface area contributed by atoms with Crippen LogP contribution in [0.4, 0.5) is 11.4 Å². The standard InChI is InChI=1S/C11H16N4O/c1-13-11(16)10-3-2-6-15(10)9-4-5-14-7-8(9)12/h4-5,7,10H,2-3,6,12H2,1H3,(H,13,16). The Labute approximate surface area is 94.6 Å². The summed E-state index contributed by atoms with van der Waals surface area (Å²) in [6, 6.07) is 1.76. The van der Waals surface area contributed by atoms with E-state index in [1.807, 2.05) is 6.07 Å². The van der Waals surface area contributed by atoms with Gasteiger partial charge >= 0.3 is 0 Å². The third kappa shape index (κ3) is 1.80. The number of nitrogens with one attached hydrogen (secondary N) is 1. The molecule has 2 rings (SSSR count). The van der Waals surface area contributed by atoms with Crippen LogP contribution in [0.2, 0.25) is 0 Å². The van der Waals surface area contributed by atoms with Gasteiger partial charge in [-0.25, -0.2) is 0 Å². The highest BCUT2D eigenvalue weighted by molar-refractivity contribution is 5.87. The molecule has 1 fully saturated rings. The maximum absolute atomic E-state index is 11.7. The van der Waals surface area contributed by atoms with E-state index in [0.29, 0.717) is 5.69 Å². The second-order valence-corrected chi connectivity index (χ2v) is 3.90. The SMILES string of the molecule is CNC(=O)C1CCCN1c1ccncc1N. The molecule has 86 valence electrons. The van der Waals surface area contributed by atoms with Gasteiger partial charge in [0.15, 0.2) is 0 Å². The van der Waals surface area contributed by atoms with Crippen LogP contribution in [0, 0.1) is 0 Å². The molecular formula is C11H16N4O. The molecule has 5 heteroatoms. The minimum Gasteiger partial charge on any atom is -0.396 e. The third-order valence-electron chi connectivity index (χ3n) is 2.94. The van der Waals surface area contributed by atoms with Crippen molar-refractivity contribution in [3.05, 3.63) is 18.5 Å². The number of pyridine rings is 1.